The van der Waals surface area contributed by atoms with E-state index in [2.05, 4.69) is 0 Å². The molecule has 0 rings (SSSR count). The van der Waals surface area contributed by atoms with Crippen LogP contribution in [0.5, 0.6) is 0 Å². The Bertz CT molecular complexity index is 346. The van der Waals surface area contributed by atoms with E-state index in [1.165, 1.54) is 0 Å². The van der Waals surface area contributed by atoms with E-state index in [0.717, 1.165) is 0 Å². The molecule has 0 saturated heterocycles. The van der Waals surface area contributed by atoms with Gasteiger partial charge in [0, 0.05) is 0 Å². The Morgan fingerprint density at radius 2 is 1.31 bits per heavy atom. The molecule has 0 aliphatic carbocycles. The largest absolute Gasteiger partial charge is 2.00 e. The molecule has 0 aromatic rings. The number of rotatable bonds is 3. The summed E-state index contributed by atoms with van der Waals surface area (Å²) >= 11 is 0. The van der Waals surface area contributed by atoms with E-state index in [1.807, 2.05) is 0 Å². The van der Waals surface area contributed by atoms with Gasteiger partial charge in [-0.25, -0.2) is 16.8 Å². The summed E-state index contributed by atoms with van der Waals surface area (Å²) in [5.74, 6) is -1.50. The molecule has 0 spiro atoms. The first kappa shape index (κ1) is 15.7. The van der Waals surface area contributed by atoms with Crippen molar-refractivity contribution in [2.75, 3.05) is 0 Å². The third-order valence-corrected chi connectivity index (χ3v) is 3.98. The van der Waals surface area contributed by atoms with Crippen molar-refractivity contribution in [3.05, 3.63) is 0 Å². The number of carbonyl (C=O) groups is 1. The molecule has 0 bridgehead atoms. The van der Waals surface area contributed by atoms with Crippen molar-refractivity contribution in [2.24, 2.45) is 0 Å². The predicted octanol–water partition coefficient (Wildman–Crippen LogP) is -2.01. The van der Waals surface area contributed by atoms with Crippen LogP contribution in [-0.2, 0) is 47.4 Å². The number of ketones is 1. The fourth-order valence-electron chi connectivity index (χ4n) is 0.551. The van der Waals surface area contributed by atoms with Gasteiger partial charge in [0.15, 0.2) is 10.4 Å². The minimum atomic E-state index is -5.42. The zero-order chi connectivity index (χ0) is 10.2. The van der Waals surface area contributed by atoms with Crippen LogP contribution in [0.4, 0.5) is 0 Å². The van der Waals surface area contributed by atoms with Crippen LogP contribution in [0.15, 0.2) is 0 Å². The average molecular weight is 324 g/mol. The van der Waals surface area contributed by atoms with Gasteiger partial charge in [0.25, 0.3) is 0 Å². The number of Topliss-reactive ketones (excluding diaryl/α,β-unsaturated/α-hetero) is 1. The summed E-state index contributed by atoms with van der Waals surface area (Å²) in [5.41, 5.74) is 0. The molecular formula is C3H4AgO7S2. The van der Waals surface area contributed by atoms with E-state index in [4.69, 9.17) is 0 Å². The summed E-state index contributed by atoms with van der Waals surface area (Å²) in [5, 5.41) is 0. The Hall–Kier alpha value is 0.230. The number of carbonyl (C=O) groups excluding carboxylic acids is 1. The standard InChI is InChI=1S/C3H6O7S2.Ag/c1-2(4)3(11(5,6)7)12(8,9)10;/h3H,1H3,(H,5,6,7)(H,8,9,10);/q;+2/p-2. The first-order valence-corrected chi connectivity index (χ1v) is 5.41. The first-order chi connectivity index (χ1) is 5.07. The molecule has 13 heavy (non-hydrogen) atoms. The van der Waals surface area contributed by atoms with E-state index < -0.39 is 30.6 Å². The SMILES string of the molecule is CC(=O)C(S(=O)(=O)[O-])S(=O)(=O)[O-].[Ag+2]. The summed E-state index contributed by atoms with van der Waals surface area (Å²) < 4.78 is 57.4. The van der Waals surface area contributed by atoms with Crippen molar-refractivity contribution < 1.29 is 53.1 Å². The average Bonchev–Trinajstić information content (AvgIpc) is 1.49. The Morgan fingerprint density at radius 1 is 1.08 bits per heavy atom. The molecule has 0 heterocycles. The molecule has 7 nitrogen and oxygen atoms in total. The smallest absolute Gasteiger partial charge is 0.747 e. The molecule has 0 amide bonds. The summed E-state index contributed by atoms with van der Waals surface area (Å²) in [4.78, 5) is 10.3. The van der Waals surface area contributed by atoms with E-state index in [-0.39, 0.29) is 22.4 Å². The Labute approximate surface area is 90.5 Å². The van der Waals surface area contributed by atoms with Crippen LogP contribution in [0.25, 0.3) is 0 Å². The second-order valence-corrected chi connectivity index (χ2v) is 5.14. The molecule has 10 heteroatoms. The van der Waals surface area contributed by atoms with Gasteiger partial charge < -0.3 is 9.11 Å². The number of hydrogen-bond donors (Lipinski definition) is 0. The third-order valence-electron chi connectivity index (χ3n) is 0.856. The fraction of sp³-hybridized carbons (Fsp3) is 0.667. The Morgan fingerprint density at radius 3 is 1.31 bits per heavy atom. The Balaban J connectivity index is 0. The zero-order valence-electron chi connectivity index (χ0n) is 6.05. The van der Waals surface area contributed by atoms with Crippen molar-refractivity contribution in [1.82, 2.24) is 0 Å². The molecule has 0 aliphatic rings. The van der Waals surface area contributed by atoms with Gasteiger partial charge in [0.1, 0.15) is 20.2 Å². The monoisotopic (exact) mass is 323 g/mol. The van der Waals surface area contributed by atoms with Crippen LogP contribution in [0.3, 0.4) is 0 Å². The van der Waals surface area contributed by atoms with Gasteiger partial charge in [-0.05, 0) is 6.92 Å². The van der Waals surface area contributed by atoms with Gasteiger partial charge in [0.2, 0.25) is 0 Å². The minimum absolute atomic E-state index is 0. The van der Waals surface area contributed by atoms with Gasteiger partial charge in [0.05, 0.1) is 0 Å². The van der Waals surface area contributed by atoms with E-state index >= 15 is 0 Å². The fourth-order valence-corrected chi connectivity index (χ4v) is 2.52. The van der Waals surface area contributed by atoms with Crippen molar-refractivity contribution in [3.63, 3.8) is 0 Å². The molecular weight excluding hydrogens is 320 g/mol. The molecule has 0 N–H and O–H groups in total. The molecule has 0 atom stereocenters. The molecule has 0 aromatic heterocycles. The molecule has 0 aliphatic heterocycles. The van der Waals surface area contributed by atoms with E-state index in [0.29, 0.717) is 6.92 Å². The van der Waals surface area contributed by atoms with E-state index in [9.17, 15) is 30.7 Å². The van der Waals surface area contributed by atoms with Crippen LogP contribution in [-0.4, -0.2) is 36.3 Å². The van der Waals surface area contributed by atoms with Crippen molar-refractivity contribution in [1.29, 1.82) is 0 Å². The van der Waals surface area contributed by atoms with Crippen LogP contribution in [0.1, 0.15) is 6.92 Å². The van der Waals surface area contributed by atoms with Crippen LogP contribution >= 0.6 is 0 Å². The summed E-state index contributed by atoms with van der Waals surface area (Å²) in [6, 6.07) is 0. The minimum Gasteiger partial charge on any atom is -0.747 e. The third kappa shape index (κ3) is 4.86. The topological polar surface area (TPSA) is 131 Å². The van der Waals surface area contributed by atoms with Crippen LogP contribution in [0, 0.1) is 0 Å². The molecule has 0 saturated carbocycles. The first-order valence-electron chi connectivity index (χ1n) is 2.46. The van der Waals surface area contributed by atoms with Crippen molar-refractivity contribution >= 4 is 26.0 Å². The summed E-state index contributed by atoms with van der Waals surface area (Å²) in [6.45, 7) is 0.537. The normalized spacial score (nSPS) is 12.3. The maximum absolute atomic E-state index is 10.3. The molecule has 81 valence electrons. The van der Waals surface area contributed by atoms with Gasteiger partial charge in [-0.2, -0.15) is 0 Å². The van der Waals surface area contributed by atoms with Crippen molar-refractivity contribution in [3.8, 4) is 0 Å². The maximum atomic E-state index is 10.3. The van der Waals surface area contributed by atoms with Gasteiger partial charge in [-0.1, -0.05) is 0 Å². The van der Waals surface area contributed by atoms with Gasteiger partial charge in [-0.15, -0.1) is 0 Å². The Kier molecular flexibility index (Phi) is 5.60. The number of hydrogen-bond acceptors (Lipinski definition) is 7. The summed E-state index contributed by atoms with van der Waals surface area (Å²) in [7, 11) is -10.8. The second-order valence-electron chi connectivity index (χ2n) is 1.93. The van der Waals surface area contributed by atoms with Gasteiger partial charge >= 0.3 is 22.4 Å². The van der Waals surface area contributed by atoms with E-state index in [1.54, 1.807) is 0 Å². The molecule has 0 unspecified atom stereocenters. The van der Waals surface area contributed by atoms with Crippen LogP contribution < -0.4 is 0 Å². The summed E-state index contributed by atoms with van der Waals surface area (Å²) in [6.07, 6.45) is 0. The van der Waals surface area contributed by atoms with Gasteiger partial charge in [-0.3, -0.25) is 4.79 Å². The maximum Gasteiger partial charge on any atom is 2.00 e. The molecule has 1 radical (unpaired) electrons. The molecule has 0 fully saturated rings. The molecule has 0 aromatic carbocycles. The van der Waals surface area contributed by atoms with Crippen LogP contribution in [0.2, 0.25) is 0 Å². The second kappa shape index (κ2) is 4.64. The predicted molar refractivity (Wildman–Crippen MR) is 33.9 cm³/mol. The zero-order valence-corrected chi connectivity index (χ0v) is 9.17. The quantitative estimate of drug-likeness (QED) is 0.433. The van der Waals surface area contributed by atoms with Crippen molar-refractivity contribution in [2.45, 2.75) is 11.5 Å².